The highest BCUT2D eigenvalue weighted by molar-refractivity contribution is 6.31. The minimum Gasteiger partial charge on any atom is -0.462 e. The fraction of sp³-hybridized carbons (Fsp3) is 0.231. The first-order valence-electron chi connectivity index (χ1n) is 5.44. The monoisotopic (exact) mass is 266 g/mol. The number of aryl methyl sites for hydroxylation is 1. The van der Waals surface area contributed by atoms with E-state index in [1.165, 1.54) is 6.07 Å². The van der Waals surface area contributed by atoms with Gasteiger partial charge in [0.1, 0.15) is 16.9 Å². The molecular formula is C13H11ClO4. The zero-order valence-corrected chi connectivity index (χ0v) is 10.7. The molecule has 1 aromatic heterocycles. The first-order chi connectivity index (χ1) is 8.54. The average Bonchev–Trinajstić information content (AvgIpc) is 2.31. The number of halogens is 1. The fourth-order valence-corrected chi connectivity index (χ4v) is 1.89. The summed E-state index contributed by atoms with van der Waals surface area (Å²) < 4.78 is 10.3. The van der Waals surface area contributed by atoms with Crippen LogP contribution in [0.1, 0.15) is 23.0 Å². The third-order valence-corrected chi connectivity index (χ3v) is 2.74. The lowest BCUT2D eigenvalue weighted by atomic mass is 10.1. The lowest BCUT2D eigenvalue weighted by Crippen LogP contribution is -2.19. The molecule has 2 aromatic rings. The van der Waals surface area contributed by atoms with Gasteiger partial charge in [-0.2, -0.15) is 0 Å². The summed E-state index contributed by atoms with van der Waals surface area (Å²) in [5.74, 6) is -0.432. The summed E-state index contributed by atoms with van der Waals surface area (Å²) in [5.41, 5.74) is -0.101. The number of ether oxygens (including phenoxy) is 1. The maximum Gasteiger partial charge on any atom is 0.345 e. The summed E-state index contributed by atoms with van der Waals surface area (Å²) in [6, 6.07) is 4.70. The Morgan fingerprint density at radius 1 is 1.44 bits per heavy atom. The molecule has 18 heavy (non-hydrogen) atoms. The summed E-state index contributed by atoms with van der Waals surface area (Å²) in [5, 5.41) is 0.685. The summed E-state index contributed by atoms with van der Waals surface area (Å²) in [4.78, 5) is 23.9. The predicted molar refractivity (Wildman–Crippen MR) is 68.2 cm³/mol. The van der Waals surface area contributed by atoms with Crippen LogP contribution in [0.3, 0.4) is 0 Å². The van der Waals surface area contributed by atoms with Crippen LogP contribution >= 0.6 is 11.6 Å². The molecule has 0 bridgehead atoms. The van der Waals surface area contributed by atoms with Gasteiger partial charge < -0.3 is 9.15 Å². The second-order valence-electron chi connectivity index (χ2n) is 3.72. The van der Waals surface area contributed by atoms with Crippen molar-refractivity contribution in [2.24, 2.45) is 0 Å². The number of esters is 1. The molecule has 2 rings (SSSR count). The molecule has 0 radical (unpaired) electrons. The van der Waals surface area contributed by atoms with Crippen LogP contribution in [0.15, 0.2) is 27.4 Å². The van der Waals surface area contributed by atoms with E-state index in [1.54, 1.807) is 26.0 Å². The lowest BCUT2D eigenvalue weighted by Gasteiger charge is -2.06. The van der Waals surface area contributed by atoms with Crippen LogP contribution in [-0.2, 0) is 4.74 Å². The Bertz CT molecular complexity index is 672. The number of hydrogen-bond donors (Lipinski definition) is 0. The van der Waals surface area contributed by atoms with Gasteiger partial charge in [-0.3, -0.25) is 4.79 Å². The van der Waals surface area contributed by atoms with Crippen LogP contribution in [0.2, 0.25) is 5.02 Å². The molecule has 0 saturated carbocycles. The zero-order chi connectivity index (χ0) is 13.3. The molecule has 0 spiro atoms. The predicted octanol–water partition coefficient (Wildman–Crippen LogP) is 2.93. The van der Waals surface area contributed by atoms with Crippen molar-refractivity contribution in [1.29, 1.82) is 0 Å². The molecule has 0 aliphatic rings. The van der Waals surface area contributed by atoms with Crippen molar-refractivity contribution in [2.45, 2.75) is 13.8 Å². The zero-order valence-electron chi connectivity index (χ0n) is 9.95. The average molecular weight is 267 g/mol. The van der Waals surface area contributed by atoms with Crippen LogP contribution in [0.25, 0.3) is 11.0 Å². The van der Waals surface area contributed by atoms with Crippen molar-refractivity contribution in [2.75, 3.05) is 6.61 Å². The van der Waals surface area contributed by atoms with Gasteiger partial charge in [-0.25, -0.2) is 4.79 Å². The number of carbonyl (C=O) groups is 1. The molecule has 0 fully saturated rings. The van der Waals surface area contributed by atoms with Gasteiger partial charge in [0.2, 0.25) is 5.43 Å². The van der Waals surface area contributed by atoms with E-state index >= 15 is 0 Å². The highest BCUT2D eigenvalue weighted by Gasteiger charge is 2.19. The Labute approximate surface area is 108 Å². The van der Waals surface area contributed by atoms with E-state index in [-0.39, 0.29) is 23.3 Å². The van der Waals surface area contributed by atoms with Crippen LogP contribution in [0.4, 0.5) is 0 Å². The van der Waals surface area contributed by atoms with Crippen LogP contribution < -0.4 is 5.43 Å². The molecule has 0 aliphatic heterocycles. The van der Waals surface area contributed by atoms with E-state index in [1.807, 2.05) is 0 Å². The Hall–Kier alpha value is -1.81. The second-order valence-corrected chi connectivity index (χ2v) is 4.16. The molecular weight excluding hydrogens is 256 g/mol. The molecule has 1 aromatic carbocycles. The standard InChI is InChI=1S/C13H11ClO4/c1-3-17-13(16)11-7(2)18-10-5-4-8(14)6-9(10)12(11)15/h4-6H,3H2,1-2H3. The Morgan fingerprint density at radius 2 is 2.17 bits per heavy atom. The van der Waals surface area contributed by atoms with Gasteiger partial charge in [0.25, 0.3) is 0 Å². The van der Waals surface area contributed by atoms with Crippen molar-refractivity contribution >= 4 is 28.5 Å². The summed E-state index contributed by atoms with van der Waals surface area (Å²) in [6.45, 7) is 3.43. The van der Waals surface area contributed by atoms with E-state index in [0.717, 1.165) is 0 Å². The Morgan fingerprint density at radius 3 is 2.83 bits per heavy atom. The van der Waals surface area contributed by atoms with Crippen LogP contribution in [0, 0.1) is 6.92 Å². The molecule has 0 saturated heterocycles. The largest absolute Gasteiger partial charge is 0.462 e. The second kappa shape index (κ2) is 4.82. The number of fused-ring (bicyclic) bond motifs is 1. The van der Waals surface area contributed by atoms with Crippen molar-refractivity contribution in [3.63, 3.8) is 0 Å². The first-order valence-corrected chi connectivity index (χ1v) is 5.82. The Kier molecular flexibility index (Phi) is 3.39. The van der Waals surface area contributed by atoms with Gasteiger partial charge in [0.15, 0.2) is 0 Å². The Balaban J connectivity index is 2.75. The molecule has 0 unspecified atom stereocenters. The van der Waals surface area contributed by atoms with Crippen molar-refractivity contribution < 1.29 is 13.9 Å². The smallest absolute Gasteiger partial charge is 0.345 e. The molecule has 0 aliphatic carbocycles. The number of hydrogen-bond acceptors (Lipinski definition) is 4. The van der Waals surface area contributed by atoms with E-state index in [9.17, 15) is 9.59 Å². The highest BCUT2D eigenvalue weighted by Crippen LogP contribution is 2.19. The van der Waals surface area contributed by atoms with Gasteiger partial charge >= 0.3 is 5.97 Å². The van der Waals surface area contributed by atoms with E-state index in [0.29, 0.717) is 10.6 Å². The van der Waals surface area contributed by atoms with E-state index in [2.05, 4.69) is 0 Å². The number of rotatable bonds is 2. The summed E-state index contributed by atoms with van der Waals surface area (Å²) in [7, 11) is 0. The maximum atomic E-state index is 12.2. The first kappa shape index (κ1) is 12.6. The molecule has 1 heterocycles. The van der Waals surface area contributed by atoms with Gasteiger partial charge in [0.05, 0.1) is 12.0 Å². The highest BCUT2D eigenvalue weighted by atomic mass is 35.5. The van der Waals surface area contributed by atoms with Gasteiger partial charge in [-0.15, -0.1) is 0 Å². The molecule has 4 nitrogen and oxygen atoms in total. The lowest BCUT2D eigenvalue weighted by molar-refractivity contribution is 0.0521. The van der Waals surface area contributed by atoms with Crippen LogP contribution in [0.5, 0.6) is 0 Å². The molecule has 0 atom stereocenters. The minimum atomic E-state index is -0.675. The van der Waals surface area contributed by atoms with Crippen molar-refractivity contribution in [1.82, 2.24) is 0 Å². The maximum absolute atomic E-state index is 12.2. The third-order valence-electron chi connectivity index (χ3n) is 2.51. The summed E-state index contributed by atoms with van der Waals surface area (Å²) >= 11 is 5.83. The van der Waals surface area contributed by atoms with E-state index < -0.39 is 11.4 Å². The number of benzene rings is 1. The molecule has 0 N–H and O–H groups in total. The van der Waals surface area contributed by atoms with E-state index in [4.69, 9.17) is 20.8 Å². The number of carbonyl (C=O) groups excluding carboxylic acids is 1. The van der Waals surface area contributed by atoms with Crippen molar-refractivity contribution in [3.8, 4) is 0 Å². The normalized spacial score (nSPS) is 10.6. The molecule has 94 valence electrons. The van der Waals surface area contributed by atoms with Gasteiger partial charge in [0, 0.05) is 5.02 Å². The van der Waals surface area contributed by atoms with Crippen molar-refractivity contribution in [3.05, 3.63) is 44.8 Å². The minimum absolute atomic E-state index is 0.0772. The topological polar surface area (TPSA) is 56.5 Å². The summed E-state index contributed by atoms with van der Waals surface area (Å²) in [6.07, 6.45) is 0. The van der Waals surface area contributed by atoms with Gasteiger partial charge in [-0.05, 0) is 32.0 Å². The molecule has 0 amide bonds. The van der Waals surface area contributed by atoms with Gasteiger partial charge in [-0.1, -0.05) is 11.6 Å². The SMILES string of the molecule is CCOC(=O)c1c(C)oc2ccc(Cl)cc2c1=O. The quantitative estimate of drug-likeness (QED) is 0.784. The molecule has 5 heteroatoms. The van der Waals surface area contributed by atoms with Crippen LogP contribution in [-0.4, -0.2) is 12.6 Å². The fourth-order valence-electron chi connectivity index (χ4n) is 1.72. The third kappa shape index (κ3) is 2.11.